The van der Waals surface area contributed by atoms with Gasteiger partial charge < -0.3 is 10.1 Å². The molecule has 0 unspecified atom stereocenters. The summed E-state index contributed by atoms with van der Waals surface area (Å²) in [4.78, 5) is 26.1. The van der Waals surface area contributed by atoms with Gasteiger partial charge in [0.1, 0.15) is 4.88 Å². The summed E-state index contributed by atoms with van der Waals surface area (Å²) in [5.41, 5.74) is 2.28. The third kappa shape index (κ3) is 4.48. The standard InChI is InChI=1S/C20H23NO3S/c1-13-8-9-17-16(10-13)11-18(25-17)20(23)24-12-19(22)21-14(2)15-6-4-3-5-7-15/h3-7,11,13-14H,8-10,12H2,1-2H3,(H,21,22)/t13-,14+/m1/s1. The van der Waals surface area contributed by atoms with E-state index in [1.54, 1.807) is 0 Å². The molecule has 4 nitrogen and oxygen atoms in total. The van der Waals surface area contributed by atoms with Crippen molar-refractivity contribution < 1.29 is 14.3 Å². The first-order valence-electron chi connectivity index (χ1n) is 8.66. The van der Waals surface area contributed by atoms with Crippen molar-refractivity contribution in [2.75, 3.05) is 6.61 Å². The van der Waals surface area contributed by atoms with Crippen LogP contribution in [0.15, 0.2) is 36.4 Å². The van der Waals surface area contributed by atoms with Crippen LogP contribution in [0.5, 0.6) is 0 Å². The SMILES string of the molecule is C[C@@H]1CCc2sc(C(=O)OCC(=O)N[C@@H](C)c3ccccc3)cc2C1. The number of aryl methyl sites for hydroxylation is 1. The molecular formula is C20H23NO3S. The highest BCUT2D eigenvalue weighted by molar-refractivity contribution is 7.14. The number of thiophene rings is 1. The monoisotopic (exact) mass is 357 g/mol. The maximum Gasteiger partial charge on any atom is 0.348 e. The van der Waals surface area contributed by atoms with Gasteiger partial charge in [-0.3, -0.25) is 4.79 Å². The summed E-state index contributed by atoms with van der Waals surface area (Å²) >= 11 is 1.50. The average molecular weight is 357 g/mol. The number of benzene rings is 1. The molecule has 1 aromatic heterocycles. The summed E-state index contributed by atoms with van der Waals surface area (Å²) in [5.74, 6) is -0.0366. The number of ether oxygens (including phenoxy) is 1. The van der Waals surface area contributed by atoms with E-state index in [1.165, 1.54) is 28.2 Å². The molecule has 2 aromatic rings. The van der Waals surface area contributed by atoms with Crippen molar-refractivity contribution in [2.45, 2.75) is 39.2 Å². The molecule has 0 bridgehead atoms. The number of hydrogen-bond donors (Lipinski definition) is 1. The number of esters is 1. The van der Waals surface area contributed by atoms with Gasteiger partial charge in [0.2, 0.25) is 0 Å². The second kappa shape index (κ2) is 7.83. The first kappa shape index (κ1) is 17.7. The minimum atomic E-state index is -0.408. The van der Waals surface area contributed by atoms with E-state index in [0.717, 1.165) is 18.4 Å². The minimum Gasteiger partial charge on any atom is -0.451 e. The number of amides is 1. The normalized spacial score (nSPS) is 17.4. The quantitative estimate of drug-likeness (QED) is 0.826. The Balaban J connectivity index is 1.51. The molecule has 1 aliphatic rings. The van der Waals surface area contributed by atoms with E-state index in [1.807, 2.05) is 43.3 Å². The van der Waals surface area contributed by atoms with Crippen LogP contribution in [-0.4, -0.2) is 18.5 Å². The molecule has 0 saturated heterocycles. The highest BCUT2D eigenvalue weighted by Gasteiger charge is 2.22. The van der Waals surface area contributed by atoms with Gasteiger partial charge in [0.25, 0.3) is 5.91 Å². The van der Waals surface area contributed by atoms with Crippen LogP contribution in [0.2, 0.25) is 0 Å². The van der Waals surface area contributed by atoms with E-state index in [0.29, 0.717) is 10.8 Å². The van der Waals surface area contributed by atoms with Crippen LogP contribution in [-0.2, 0) is 22.4 Å². The van der Waals surface area contributed by atoms with Crippen molar-refractivity contribution in [1.82, 2.24) is 5.32 Å². The van der Waals surface area contributed by atoms with Gasteiger partial charge in [-0.25, -0.2) is 4.79 Å². The Hall–Kier alpha value is -2.14. The largest absolute Gasteiger partial charge is 0.451 e. The van der Waals surface area contributed by atoms with Gasteiger partial charge in [-0.1, -0.05) is 37.3 Å². The van der Waals surface area contributed by atoms with Crippen molar-refractivity contribution in [3.8, 4) is 0 Å². The van der Waals surface area contributed by atoms with E-state index in [2.05, 4.69) is 12.2 Å². The first-order valence-corrected chi connectivity index (χ1v) is 9.47. The smallest absolute Gasteiger partial charge is 0.348 e. The number of hydrogen-bond acceptors (Lipinski definition) is 4. The van der Waals surface area contributed by atoms with Crippen molar-refractivity contribution in [2.24, 2.45) is 5.92 Å². The van der Waals surface area contributed by atoms with Crippen LogP contribution in [0.4, 0.5) is 0 Å². The predicted octanol–water partition coefficient (Wildman–Crippen LogP) is 3.91. The molecule has 0 fully saturated rings. The third-order valence-electron chi connectivity index (χ3n) is 4.54. The molecule has 5 heteroatoms. The minimum absolute atomic E-state index is 0.122. The van der Waals surface area contributed by atoms with Crippen LogP contribution in [0.3, 0.4) is 0 Å². The zero-order chi connectivity index (χ0) is 17.8. The van der Waals surface area contributed by atoms with E-state index in [9.17, 15) is 9.59 Å². The van der Waals surface area contributed by atoms with E-state index in [4.69, 9.17) is 4.74 Å². The fraction of sp³-hybridized carbons (Fsp3) is 0.400. The Morgan fingerprint density at radius 3 is 2.84 bits per heavy atom. The molecule has 0 radical (unpaired) electrons. The van der Waals surface area contributed by atoms with Crippen molar-refractivity contribution >= 4 is 23.2 Å². The average Bonchev–Trinajstić information content (AvgIpc) is 3.03. The second-order valence-electron chi connectivity index (χ2n) is 6.68. The van der Waals surface area contributed by atoms with Crippen LogP contribution >= 0.6 is 11.3 Å². The molecule has 25 heavy (non-hydrogen) atoms. The molecule has 1 amide bonds. The van der Waals surface area contributed by atoms with Gasteiger partial charge in [-0.2, -0.15) is 0 Å². The summed E-state index contributed by atoms with van der Waals surface area (Å²) in [7, 11) is 0. The Morgan fingerprint density at radius 2 is 2.08 bits per heavy atom. The van der Waals surface area contributed by atoms with Gasteiger partial charge in [0.05, 0.1) is 6.04 Å². The Bertz CT molecular complexity index is 754. The molecular weight excluding hydrogens is 334 g/mol. The number of carbonyl (C=O) groups is 2. The lowest BCUT2D eigenvalue weighted by atomic mass is 9.90. The topological polar surface area (TPSA) is 55.4 Å². The van der Waals surface area contributed by atoms with Crippen LogP contribution < -0.4 is 5.32 Å². The number of carbonyl (C=O) groups excluding carboxylic acids is 2. The number of fused-ring (bicyclic) bond motifs is 1. The fourth-order valence-corrected chi connectivity index (χ4v) is 4.22. The summed E-state index contributed by atoms with van der Waals surface area (Å²) in [6.45, 7) is 3.88. The number of rotatable bonds is 5. The Labute approximate surface area is 152 Å². The Morgan fingerprint density at radius 1 is 1.32 bits per heavy atom. The van der Waals surface area contributed by atoms with Gasteiger partial charge in [0, 0.05) is 4.88 Å². The van der Waals surface area contributed by atoms with Crippen LogP contribution in [0, 0.1) is 5.92 Å². The van der Waals surface area contributed by atoms with Crippen molar-refractivity contribution in [1.29, 1.82) is 0 Å². The molecule has 0 spiro atoms. The van der Waals surface area contributed by atoms with Gasteiger partial charge >= 0.3 is 5.97 Å². The fourth-order valence-electron chi connectivity index (χ4n) is 3.12. The summed E-state index contributed by atoms with van der Waals surface area (Å²) < 4.78 is 5.19. The van der Waals surface area contributed by atoms with E-state index >= 15 is 0 Å². The van der Waals surface area contributed by atoms with E-state index in [-0.39, 0.29) is 18.6 Å². The van der Waals surface area contributed by atoms with Crippen LogP contribution in [0.1, 0.15) is 52.0 Å². The molecule has 1 aliphatic carbocycles. The maximum absolute atomic E-state index is 12.2. The third-order valence-corrected chi connectivity index (χ3v) is 5.76. The zero-order valence-corrected chi connectivity index (χ0v) is 15.4. The summed E-state index contributed by atoms with van der Waals surface area (Å²) in [6.07, 6.45) is 3.22. The second-order valence-corrected chi connectivity index (χ2v) is 7.82. The molecule has 0 saturated carbocycles. The van der Waals surface area contributed by atoms with E-state index < -0.39 is 5.97 Å². The molecule has 0 aliphatic heterocycles. The van der Waals surface area contributed by atoms with Crippen molar-refractivity contribution in [3.63, 3.8) is 0 Å². The van der Waals surface area contributed by atoms with Crippen LogP contribution in [0.25, 0.3) is 0 Å². The Kier molecular flexibility index (Phi) is 5.53. The lowest BCUT2D eigenvalue weighted by Crippen LogP contribution is -2.31. The highest BCUT2D eigenvalue weighted by atomic mass is 32.1. The molecule has 1 N–H and O–H groups in total. The molecule has 1 aromatic carbocycles. The van der Waals surface area contributed by atoms with Gasteiger partial charge in [-0.05, 0) is 49.3 Å². The molecule has 3 rings (SSSR count). The van der Waals surface area contributed by atoms with Gasteiger partial charge in [0.15, 0.2) is 6.61 Å². The lowest BCUT2D eigenvalue weighted by Gasteiger charge is -2.16. The maximum atomic E-state index is 12.2. The molecule has 1 heterocycles. The zero-order valence-electron chi connectivity index (χ0n) is 14.6. The lowest BCUT2D eigenvalue weighted by molar-refractivity contribution is -0.124. The highest BCUT2D eigenvalue weighted by Crippen LogP contribution is 2.32. The number of nitrogens with one attached hydrogen (secondary N) is 1. The molecule has 132 valence electrons. The molecule has 2 atom stereocenters. The predicted molar refractivity (Wildman–Crippen MR) is 98.8 cm³/mol. The first-order chi connectivity index (χ1) is 12.0. The van der Waals surface area contributed by atoms with Gasteiger partial charge in [-0.15, -0.1) is 11.3 Å². The van der Waals surface area contributed by atoms with Crippen molar-refractivity contribution in [3.05, 3.63) is 57.3 Å². The summed E-state index contributed by atoms with van der Waals surface area (Å²) in [6, 6.07) is 11.5. The summed E-state index contributed by atoms with van der Waals surface area (Å²) in [5, 5.41) is 2.84.